The molecule has 0 spiro atoms. The van der Waals surface area contributed by atoms with Crippen molar-refractivity contribution >= 4 is 28.9 Å². The van der Waals surface area contributed by atoms with E-state index in [-0.39, 0.29) is 0 Å². The van der Waals surface area contributed by atoms with Crippen LogP contribution in [-0.2, 0) is 5.75 Å². The van der Waals surface area contributed by atoms with Gasteiger partial charge in [0.2, 0.25) is 0 Å². The quantitative estimate of drug-likeness (QED) is 0.814. The van der Waals surface area contributed by atoms with Crippen molar-refractivity contribution in [2.45, 2.75) is 23.4 Å². The summed E-state index contributed by atoms with van der Waals surface area (Å²) in [6.45, 7) is 3.10. The van der Waals surface area contributed by atoms with Crippen molar-refractivity contribution < 1.29 is 0 Å². The lowest BCUT2D eigenvalue weighted by Gasteiger charge is -2.05. The molecule has 2 rings (SSSR count). The first-order chi connectivity index (χ1) is 8.38. The van der Waals surface area contributed by atoms with Crippen molar-refractivity contribution in [2.24, 2.45) is 0 Å². The van der Waals surface area contributed by atoms with Crippen LogP contribution in [0.4, 0.5) is 5.82 Å². The SMILES string of the molecule is CCCNc1cc(CSc2nncs2)ccn1. The molecule has 2 aromatic heterocycles. The predicted molar refractivity (Wildman–Crippen MR) is 72.5 cm³/mol. The molecular formula is C11H14N4S2. The van der Waals surface area contributed by atoms with Gasteiger partial charge in [0.15, 0.2) is 4.34 Å². The van der Waals surface area contributed by atoms with E-state index in [9.17, 15) is 0 Å². The van der Waals surface area contributed by atoms with Crippen LogP contribution in [0.3, 0.4) is 0 Å². The minimum atomic E-state index is 0.901. The Kier molecular flexibility index (Phi) is 4.75. The lowest BCUT2D eigenvalue weighted by molar-refractivity contribution is 0.968. The van der Waals surface area contributed by atoms with Gasteiger partial charge >= 0.3 is 0 Å². The zero-order valence-electron chi connectivity index (χ0n) is 9.59. The zero-order chi connectivity index (χ0) is 11.9. The predicted octanol–water partition coefficient (Wildman–Crippen LogP) is 3.05. The van der Waals surface area contributed by atoms with Crippen molar-refractivity contribution in [3.8, 4) is 0 Å². The van der Waals surface area contributed by atoms with Crippen LogP contribution in [-0.4, -0.2) is 21.7 Å². The molecule has 0 aliphatic rings. The molecule has 17 heavy (non-hydrogen) atoms. The first kappa shape index (κ1) is 12.3. The fourth-order valence-electron chi connectivity index (χ4n) is 1.28. The monoisotopic (exact) mass is 266 g/mol. The molecule has 90 valence electrons. The number of nitrogens with zero attached hydrogens (tertiary/aromatic N) is 3. The van der Waals surface area contributed by atoms with E-state index in [2.05, 4.69) is 33.5 Å². The third kappa shape index (κ3) is 3.98. The van der Waals surface area contributed by atoms with E-state index >= 15 is 0 Å². The highest BCUT2D eigenvalue weighted by molar-refractivity contribution is 8.00. The van der Waals surface area contributed by atoms with Gasteiger partial charge in [-0.3, -0.25) is 0 Å². The molecule has 1 N–H and O–H groups in total. The molecule has 0 bridgehead atoms. The van der Waals surface area contributed by atoms with Crippen LogP contribution < -0.4 is 5.32 Å². The molecule has 0 saturated carbocycles. The summed E-state index contributed by atoms with van der Waals surface area (Å²) in [7, 11) is 0. The molecule has 2 aromatic rings. The Hall–Kier alpha value is -1.14. The van der Waals surface area contributed by atoms with Crippen LogP contribution >= 0.6 is 23.1 Å². The summed E-state index contributed by atoms with van der Waals surface area (Å²) in [5.74, 6) is 1.85. The molecule has 0 aliphatic heterocycles. The van der Waals surface area contributed by atoms with E-state index in [4.69, 9.17) is 0 Å². The topological polar surface area (TPSA) is 50.7 Å². The van der Waals surface area contributed by atoms with Crippen molar-refractivity contribution in [1.29, 1.82) is 0 Å². The fourth-order valence-corrected chi connectivity index (χ4v) is 2.72. The van der Waals surface area contributed by atoms with Crippen LogP contribution in [0.25, 0.3) is 0 Å². The van der Waals surface area contributed by atoms with Crippen LogP contribution in [0.2, 0.25) is 0 Å². The minimum absolute atomic E-state index is 0.901. The average molecular weight is 266 g/mol. The summed E-state index contributed by atoms with van der Waals surface area (Å²) < 4.78 is 1.00. The molecule has 0 amide bonds. The minimum Gasteiger partial charge on any atom is -0.370 e. The van der Waals surface area contributed by atoms with Crippen molar-refractivity contribution in [3.63, 3.8) is 0 Å². The molecule has 0 unspecified atom stereocenters. The van der Waals surface area contributed by atoms with Gasteiger partial charge in [-0.25, -0.2) is 4.98 Å². The molecular weight excluding hydrogens is 252 g/mol. The van der Waals surface area contributed by atoms with E-state index in [1.807, 2.05) is 12.3 Å². The second-order valence-electron chi connectivity index (χ2n) is 3.47. The lowest BCUT2D eigenvalue weighted by atomic mass is 10.3. The number of rotatable bonds is 6. The highest BCUT2D eigenvalue weighted by Crippen LogP contribution is 2.24. The molecule has 0 aliphatic carbocycles. The van der Waals surface area contributed by atoms with Crippen LogP contribution in [0.1, 0.15) is 18.9 Å². The normalized spacial score (nSPS) is 10.4. The second-order valence-corrected chi connectivity index (χ2v) is 5.53. The van der Waals surface area contributed by atoms with Gasteiger partial charge < -0.3 is 5.32 Å². The van der Waals surface area contributed by atoms with E-state index < -0.39 is 0 Å². The number of anilines is 1. The molecule has 0 atom stereocenters. The second kappa shape index (κ2) is 6.56. The Morgan fingerprint density at radius 3 is 3.18 bits per heavy atom. The summed E-state index contributed by atoms with van der Waals surface area (Å²) >= 11 is 3.27. The highest BCUT2D eigenvalue weighted by atomic mass is 32.2. The number of hydrogen-bond acceptors (Lipinski definition) is 6. The van der Waals surface area contributed by atoms with Gasteiger partial charge in [0, 0.05) is 18.5 Å². The molecule has 2 heterocycles. The molecule has 6 heteroatoms. The van der Waals surface area contributed by atoms with Crippen molar-refractivity contribution in [1.82, 2.24) is 15.2 Å². The van der Waals surface area contributed by atoms with Gasteiger partial charge in [0.25, 0.3) is 0 Å². The Balaban J connectivity index is 1.91. The average Bonchev–Trinajstić information content (AvgIpc) is 2.87. The smallest absolute Gasteiger partial charge is 0.174 e. The standard InChI is InChI=1S/C11H14N4S2/c1-2-4-12-10-6-9(3-5-13-10)7-16-11-15-14-8-17-11/h3,5-6,8H,2,4,7H2,1H3,(H,12,13). The first-order valence-corrected chi connectivity index (χ1v) is 7.33. The summed E-state index contributed by atoms with van der Waals surface area (Å²) in [4.78, 5) is 4.28. The van der Waals surface area contributed by atoms with Gasteiger partial charge in [0.1, 0.15) is 11.3 Å². The molecule has 0 fully saturated rings. The van der Waals surface area contributed by atoms with Crippen LogP contribution in [0.15, 0.2) is 28.2 Å². The largest absolute Gasteiger partial charge is 0.370 e. The van der Waals surface area contributed by atoms with Gasteiger partial charge in [-0.1, -0.05) is 30.0 Å². The maximum Gasteiger partial charge on any atom is 0.174 e. The van der Waals surface area contributed by atoms with Gasteiger partial charge in [0.05, 0.1) is 0 Å². The molecule has 4 nitrogen and oxygen atoms in total. The molecule has 0 saturated heterocycles. The Bertz CT molecular complexity index is 444. The number of aromatic nitrogens is 3. The Labute approximate surface area is 109 Å². The van der Waals surface area contributed by atoms with Gasteiger partial charge in [-0.05, 0) is 24.1 Å². The number of thioether (sulfide) groups is 1. The molecule has 0 aromatic carbocycles. The fraction of sp³-hybridized carbons (Fsp3) is 0.364. The maximum atomic E-state index is 4.28. The number of pyridine rings is 1. The summed E-state index contributed by atoms with van der Waals surface area (Å²) in [5.41, 5.74) is 3.00. The van der Waals surface area contributed by atoms with E-state index in [1.54, 1.807) is 28.6 Å². The van der Waals surface area contributed by atoms with E-state index in [0.29, 0.717) is 0 Å². The van der Waals surface area contributed by atoms with Gasteiger partial charge in [-0.2, -0.15) is 0 Å². The Morgan fingerprint density at radius 2 is 2.41 bits per heavy atom. The highest BCUT2D eigenvalue weighted by Gasteiger charge is 2.01. The van der Waals surface area contributed by atoms with E-state index in [0.717, 1.165) is 28.9 Å². The first-order valence-electron chi connectivity index (χ1n) is 5.46. The zero-order valence-corrected chi connectivity index (χ0v) is 11.2. The summed E-state index contributed by atoms with van der Waals surface area (Å²) in [6, 6.07) is 4.12. The van der Waals surface area contributed by atoms with Crippen molar-refractivity contribution in [2.75, 3.05) is 11.9 Å². The van der Waals surface area contributed by atoms with Crippen molar-refractivity contribution in [3.05, 3.63) is 29.4 Å². The summed E-state index contributed by atoms with van der Waals surface area (Å²) in [5, 5.41) is 11.1. The maximum absolute atomic E-state index is 4.28. The third-order valence-electron chi connectivity index (χ3n) is 2.08. The van der Waals surface area contributed by atoms with E-state index in [1.165, 1.54) is 5.56 Å². The number of hydrogen-bond donors (Lipinski definition) is 1. The summed E-state index contributed by atoms with van der Waals surface area (Å²) in [6.07, 6.45) is 2.94. The van der Waals surface area contributed by atoms with Crippen LogP contribution in [0.5, 0.6) is 0 Å². The van der Waals surface area contributed by atoms with Crippen LogP contribution in [0, 0.1) is 0 Å². The van der Waals surface area contributed by atoms with Gasteiger partial charge in [-0.15, -0.1) is 10.2 Å². The Morgan fingerprint density at radius 1 is 1.47 bits per heavy atom. The number of nitrogens with one attached hydrogen (secondary N) is 1. The third-order valence-corrected chi connectivity index (χ3v) is 4.01. The lowest BCUT2D eigenvalue weighted by Crippen LogP contribution is -2.01. The molecule has 0 radical (unpaired) electrons.